The lowest BCUT2D eigenvalue weighted by molar-refractivity contribution is 0.0819. The first-order valence-electron chi connectivity index (χ1n) is 7.37. The molecule has 2 aromatic heterocycles. The van der Waals surface area contributed by atoms with Crippen LogP contribution in [0.2, 0.25) is 0 Å². The van der Waals surface area contributed by atoms with Gasteiger partial charge in [0.05, 0.1) is 11.0 Å². The van der Waals surface area contributed by atoms with Gasteiger partial charge in [-0.15, -0.1) is 16.4 Å². The Hall–Kier alpha value is -1.69. The van der Waals surface area contributed by atoms with Gasteiger partial charge >= 0.3 is 6.01 Å². The van der Waals surface area contributed by atoms with Gasteiger partial charge in [0.1, 0.15) is 0 Å². The Morgan fingerprint density at radius 2 is 2.19 bits per heavy atom. The standard InChI is InChI=1S/C15H19N3O2S/c1-10(2)20-15-16-13(12-8-5-9-21-12)18(17-15)14(19)11-6-3-4-7-11/h5,8-11H,3-4,6-7H2,1-2H3. The molecule has 0 aliphatic heterocycles. The van der Waals surface area contributed by atoms with Crippen LogP contribution in [0.15, 0.2) is 17.5 Å². The van der Waals surface area contributed by atoms with Gasteiger partial charge in [-0.3, -0.25) is 4.79 Å². The van der Waals surface area contributed by atoms with Crippen LogP contribution in [0.1, 0.15) is 44.3 Å². The number of carbonyl (C=O) groups is 1. The summed E-state index contributed by atoms with van der Waals surface area (Å²) in [4.78, 5) is 18.0. The molecule has 2 heterocycles. The molecule has 0 unspecified atom stereocenters. The van der Waals surface area contributed by atoms with Crippen LogP contribution in [0.4, 0.5) is 0 Å². The third kappa shape index (κ3) is 3.00. The number of aromatic nitrogens is 3. The van der Waals surface area contributed by atoms with E-state index in [2.05, 4.69) is 10.1 Å². The van der Waals surface area contributed by atoms with Crippen LogP contribution in [0.5, 0.6) is 6.01 Å². The van der Waals surface area contributed by atoms with Crippen molar-refractivity contribution in [2.24, 2.45) is 5.92 Å². The Morgan fingerprint density at radius 1 is 1.43 bits per heavy atom. The molecule has 0 spiro atoms. The number of ether oxygens (including phenoxy) is 1. The van der Waals surface area contributed by atoms with Gasteiger partial charge in [0, 0.05) is 5.92 Å². The summed E-state index contributed by atoms with van der Waals surface area (Å²) < 4.78 is 7.00. The van der Waals surface area contributed by atoms with Gasteiger partial charge in [0.15, 0.2) is 5.82 Å². The van der Waals surface area contributed by atoms with Gasteiger partial charge in [-0.25, -0.2) is 0 Å². The average molecular weight is 305 g/mol. The summed E-state index contributed by atoms with van der Waals surface area (Å²) in [5.41, 5.74) is 0. The van der Waals surface area contributed by atoms with Crippen molar-refractivity contribution in [3.8, 4) is 16.7 Å². The fourth-order valence-corrected chi connectivity index (χ4v) is 3.32. The molecule has 6 heteroatoms. The van der Waals surface area contributed by atoms with E-state index in [1.165, 1.54) is 4.68 Å². The molecule has 2 aromatic rings. The van der Waals surface area contributed by atoms with Crippen molar-refractivity contribution in [3.05, 3.63) is 17.5 Å². The third-order valence-corrected chi connectivity index (χ3v) is 4.45. The second-order valence-corrected chi connectivity index (χ2v) is 6.54. The van der Waals surface area contributed by atoms with Gasteiger partial charge < -0.3 is 4.74 Å². The van der Waals surface area contributed by atoms with Crippen molar-refractivity contribution in [1.82, 2.24) is 14.8 Å². The van der Waals surface area contributed by atoms with E-state index in [0.29, 0.717) is 5.82 Å². The highest BCUT2D eigenvalue weighted by Gasteiger charge is 2.28. The lowest BCUT2D eigenvalue weighted by atomic mass is 10.1. The number of hydrogen-bond acceptors (Lipinski definition) is 5. The van der Waals surface area contributed by atoms with Crippen molar-refractivity contribution < 1.29 is 9.53 Å². The van der Waals surface area contributed by atoms with E-state index in [-0.39, 0.29) is 23.9 Å². The summed E-state index contributed by atoms with van der Waals surface area (Å²) in [6.45, 7) is 3.84. The van der Waals surface area contributed by atoms with E-state index in [1.807, 2.05) is 31.4 Å². The topological polar surface area (TPSA) is 57.0 Å². The Labute approximate surface area is 128 Å². The van der Waals surface area contributed by atoms with Crippen molar-refractivity contribution in [3.63, 3.8) is 0 Å². The molecule has 0 radical (unpaired) electrons. The summed E-state index contributed by atoms with van der Waals surface area (Å²) in [5, 5.41) is 6.26. The molecule has 0 N–H and O–H groups in total. The van der Waals surface area contributed by atoms with Gasteiger partial charge in [-0.2, -0.15) is 9.67 Å². The fourth-order valence-electron chi connectivity index (χ4n) is 2.62. The highest BCUT2D eigenvalue weighted by Crippen LogP contribution is 2.30. The van der Waals surface area contributed by atoms with Crippen molar-refractivity contribution in [1.29, 1.82) is 0 Å². The molecule has 0 aromatic carbocycles. The Kier molecular flexibility index (Phi) is 4.05. The van der Waals surface area contributed by atoms with Crippen LogP contribution >= 0.6 is 11.3 Å². The zero-order valence-electron chi connectivity index (χ0n) is 12.3. The largest absolute Gasteiger partial charge is 0.460 e. The molecule has 0 amide bonds. The maximum absolute atomic E-state index is 12.7. The predicted octanol–water partition coefficient (Wildman–Crippen LogP) is 3.62. The Bertz CT molecular complexity index is 613. The van der Waals surface area contributed by atoms with Crippen LogP contribution in [0.3, 0.4) is 0 Å². The van der Waals surface area contributed by atoms with Gasteiger partial charge in [0.25, 0.3) is 5.91 Å². The van der Waals surface area contributed by atoms with E-state index in [9.17, 15) is 4.79 Å². The molecule has 1 saturated carbocycles. The van der Waals surface area contributed by atoms with E-state index >= 15 is 0 Å². The second-order valence-electron chi connectivity index (χ2n) is 5.59. The fraction of sp³-hybridized carbons (Fsp3) is 0.533. The van der Waals surface area contributed by atoms with Crippen LogP contribution in [0.25, 0.3) is 10.7 Å². The summed E-state index contributed by atoms with van der Waals surface area (Å²) in [6.07, 6.45) is 4.12. The highest BCUT2D eigenvalue weighted by molar-refractivity contribution is 7.13. The lowest BCUT2D eigenvalue weighted by Gasteiger charge is -2.08. The molecule has 1 aliphatic rings. The maximum atomic E-state index is 12.7. The van der Waals surface area contributed by atoms with Crippen LogP contribution in [-0.2, 0) is 0 Å². The minimum absolute atomic E-state index is 0.0152. The van der Waals surface area contributed by atoms with Crippen LogP contribution in [0, 0.1) is 5.92 Å². The van der Waals surface area contributed by atoms with Gasteiger partial charge in [-0.05, 0) is 38.1 Å². The molecular formula is C15H19N3O2S. The van der Waals surface area contributed by atoms with Crippen molar-refractivity contribution >= 4 is 17.2 Å². The average Bonchev–Trinajstić information content (AvgIpc) is 3.18. The minimum atomic E-state index is -0.0152. The van der Waals surface area contributed by atoms with Crippen LogP contribution < -0.4 is 4.74 Å². The number of rotatable bonds is 4. The molecule has 1 aliphatic carbocycles. The van der Waals surface area contributed by atoms with E-state index < -0.39 is 0 Å². The first kappa shape index (κ1) is 14.3. The molecule has 0 atom stereocenters. The summed E-state index contributed by atoms with van der Waals surface area (Å²) in [6, 6.07) is 4.17. The molecule has 3 rings (SSSR count). The molecule has 112 valence electrons. The number of hydrogen-bond donors (Lipinski definition) is 0. The molecule has 5 nitrogen and oxygen atoms in total. The number of nitrogens with zero attached hydrogens (tertiary/aromatic N) is 3. The summed E-state index contributed by atoms with van der Waals surface area (Å²) in [7, 11) is 0. The molecule has 21 heavy (non-hydrogen) atoms. The van der Waals surface area contributed by atoms with Crippen molar-refractivity contribution in [2.75, 3.05) is 0 Å². The number of carbonyl (C=O) groups excluding carboxylic acids is 1. The Balaban J connectivity index is 1.96. The van der Waals surface area contributed by atoms with E-state index in [4.69, 9.17) is 4.74 Å². The number of thiophene rings is 1. The summed E-state index contributed by atoms with van der Waals surface area (Å²) in [5.74, 6) is 0.705. The first-order chi connectivity index (χ1) is 10.1. The van der Waals surface area contributed by atoms with Crippen LogP contribution in [-0.4, -0.2) is 26.8 Å². The zero-order valence-corrected chi connectivity index (χ0v) is 13.1. The molecule has 1 fully saturated rings. The van der Waals surface area contributed by atoms with E-state index in [0.717, 1.165) is 30.6 Å². The predicted molar refractivity (Wildman–Crippen MR) is 81.7 cm³/mol. The molecular weight excluding hydrogens is 286 g/mol. The zero-order chi connectivity index (χ0) is 14.8. The second kappa shape index (κ2) is 5.97. The Morgan fingerprint density at radius 3 is 2.81 bits per heavy atom. The first-order valence-corrected chi connectivity index (χ1v) is 8.25. The molecule has 0 bridgehead atoms. The normalized spacial score (nSPS) is 15.8. The lowest BCUT2D eigenvalue weighted by Crippen LogP contribution is -2.21. The quantitative estimate of drug-likeness (QED) is 0.865. The van der Waals surface area contributed by atoms with Gasteiger partial charge in [-0.1, -0.05) is 18.9 Å². The molecule has 0 saturated heterocycles. The SMILES string of the molecule is CC(C)Oc1nc(-c2cccs2)n(C(=O)C2CCCC2)n1. The third-order valence-electron chi connectivity index (χ3n) is 3.58. The smallest absolute Gasteiger partial charge is 0.336 e. The van der Waals surface area contributed by atoms with Gasteiger partial charge in [0.2, 0.25) is 0 Å². The minimum Gasteiger partial charge on any atom is -0.460 e. The summed E-state index contributed by atoms with van der Waals surface area (Å²) >= 11 is 1.55. The highest BCUT2D eigenvalue weighted by atomic mass is 32.1. The monoisotopic (exact) mass is 305 g/mol. The van der Waals surface area contributed by atoms with Crippen molar-refractivity contribution in [2.45, 2.75) is 45.6 Å². The van der Waals surface area contributed by atoms with E-state index in [1.54, 1.807) is 11.3 Å². The maximum Gasteiger partial charge on any atom is 0.336 e.